The third-order valence-corrected chi connectivity index (χ3v) is 3.53. The lowest BCUT2D eigenvalue weighted by molar-refractivity contribution is -0.137. The third-order valence-electron chi connectivity index (χ3n) is 3.03. The van der Waals surface area contributed by atoms with Gasteiger partial charge < -0.3 is 0 Å². The van der Waals surface area contributed by atoms with Crippen molar-refractivity contribution in [2.24, 2.45) is 4.99 Å². The molecule has 1 atom stereocenters. The first-order chi connectivity index (χ1) is 8.66. The molecule has 2 heterocycles. The van der Waals surface area contributed by atoms with Crippen LogP contribution in [0.3, 0.4) is 0 Å². The first-order valence-electron chi connectivity index (χ1n) is 5.59. The molecule has 0 bridgehead atoms. The summed E-state index contributed by atoms with van der Waals surface area (Å²) in [6.45, 7) is 1.09. The first-order valence-corrected chi connectivity index (χ1v) is 6.38. The van der Waals surface area contributed by atoms with Gasteiger partial charge in [-0.1, -0.05) is 28.1 Å². The van der Waals surface area contributed by atoms with Crippen LogP contribution in [0, 0.1) is 0 Å². The van der Waals surface area contributed by atoms with Crippen molar-refractivity contribution in [2.75, 3.05) is 13.1 Å². The molecule has 5 nitrogen and oxygen atoms in total. The summed E-state index contributed by atoms with van der Waals surface area (Å²) in [7, 11) is 0. The van der Waals surface area contributed by atoms with E-state index in [0.29, 0.717) is 24.6 Å². The zero-order valence-corrected chi connectivity index (χ0v) is 11.0. The van der Waals surface area contributed by atoms with Crippen molar-refractivity contribution in [3.8, 4) is 0 Å². The first kappa shape index (κ1) is 11.4. The Kier molecular flexibility index (Phi) is 2.66. The highest BCUT2D eigenvalue weighted by atomic mass is 79.9. The maximum absolute atomic E-state index is 12.3. The molecule has 1 saturated heterocycles. The predicted octanol–water partition coefficient (Wildman–Crippen LogP) is 0.861. The van der Waals surface area contributed by atoms with E-state index >= 15 is 0 Å². The van der Waals surface area contributed by atoms with Crippen molar-refractivity contribution in [3.05, 3.63) is 34.3 Å². The lowest BCUT2D eigenvalue weighted by Gasteiger charge is -2.29. The number of hydrogen-bond donors (Lipinski definition) is 1. The average Bonchev–Trinajstić information content (AvgIpc) is 2.77. The Morgan fingerprint density at radius 3 is 3.00 bits per heavy atom. The fourth-order valence-corrected chi connectivity index (χ4v) is 2.62. The summed E-state index contributed by atoms with van der Waals surface area (Å²) in [6, 6.07) is 7.25. The molecule has 0 radical (unpaired) electrons. The van der Waals surface area contributed by atoms with E-state index in [-0.39, 0.29) is 11.8 Å². The molecule has 0 spiro atoms. The topological polar surface area (TPSA) is 61.8 Å². The van der Waals surface area contributed by atoms with Crippen LogP contribution in [0.25, 0.3) is 0 Å². The van der Waals surface area contributed by atoms with Gasteiger partial charge in [0.25, 0.3) is 0 Å². The van der Waals surface area contributed by atoms with Crippen LogP contribution in [-0.4, -0.2) is 35.8 Å². The van der Waals surface area contributed by atoms with Crippen LogP contribution in [-0.2, 0) is 9.59 Å². The summed E-state index contributed by atoms with van der Waals surface area (Å²) < 4.78 is 0.849. The Morgan fingerprint density at radius 1 is 1.39 bits per heavy atom. The van der Waals surface area contributed by atoms with E-state index in [2.05, 4.69) is 26.2 Å². The molecule has 18 heavy (non-hydrogen) atoms. The zero-order valence-electron chi connectivity index (χ0n) is 9.39. The number of amides is 2. The number of carbonyl (C=O) groups is 2. The molecular formula is C12H10BrN3O2. The molecule has 2 aliphatic heterocycles. The normalized spacial score (nSPS) is 22.6. The summed E-state index contributed by atoms with van der Waals surface area (Å²) in [5.41, 5.74) is 0.692. The quantitative estimate of drug-likeness (QED) is 0.782. The largest absolute Gasteiger partial charge is 0.295 e. The Balaban J connectivity index is 1.99. The molecule has 1 N–H and O–H groups in total. The Hall–Kier alpha value is -1.69. The minimum atomic E-state index is -0.778. The van der Waals surface area contributed by atoms with Crippen LogP contribution in [0.15, 0.2) is 33.7 Å². The van der Waals surface area contributed by atoms with Gasteiger partial charge in [0.1, 0.15) is 5.92 Å². The monoisotopic (exact) mass is 307 g/mol. The smallest absolute Gasteiger partial charge is 0.246 e. The molecule has 0 aliphatic carbocycles. The number of nitrogens with one attached hydrogen (secondary N) is 1. The Bertz CT molecular complexity index is 570. The molecule has 2 aliphatic rings. The molecular weight excluding hydrogens is 298 g/mol. The van der Waals surface area contributed by atoms with Gasteiger partial charge in [-0.2, -0.15) is 0 Å². The molecule has 1 unspecified atom stereocenters. The summed E-state index contributed by atoms with van der Waals surface area (Å²) >= 11 is 3.34. The molecule has 2 amide bonds. The number of carbonyl (C=O) groups excluding carboxylic acids is 2. The molecule has 0 aromatic heterocycles. The molecule has 1 fully saturated rings. The minimum absolute atomic E-state index is 0.201. The maximum Gasteiger partial charge on any atom is 0.246 e. The molecule has 0 saturated carbocycles. The van der Waals surface area contributed by atoms with E-state index < -0.39 is 5.92 Å². The summed E-state index contributed by atoms with van der Waals surface area (Å²) in [5.74, 6) is -0.904. The summed E-state index contributed by atoms with van der Waals surface area (Å²) in [6.07, 6.45) is 0. The lowest BCUT2D eigenvalue weighted by Crippen LogP contribution is -2.55. The van der Waals surface area contributed by atoms with Crippen LogP contribution in [0.4, 0.5) is 0 Å². The Labute approximate surface area is 112 Å². The number of fused-ring (bicyclic) bond motifs is 1. The van der Waals surface area contributed by atoms with Crippen LogP contribution >= 0.6 is 15.9 Å². The zero-order chi connectivity index (χ0) is 12.7. The second kappa shape index (κ2) is 4.20. The van der Waals surface area contributed by atoms with Gasteiger partial charge >= 0.3 is 0 Å². The van der Waals surface area contributed by atoms with Gasteiger partial charge in [0.2, 0.25) is 17.8 Å². The number of rotatable bonds is 1. The summed E-state index contributed by atoms with van der Waals surface area (Å²) in [4.78, 5) is 29.9. The number of benzene rings is 1. The van der Waals surface area contributed by atoms with Gasteiger partial charge in [0, 0.05) is 11.0 Å². The van der Waals surface area contributed by atoms with Crippen molar-refractivity contribution in [3.63, 3.8) is 0 Å². The van der Waals surface area contributed by atoms with Crippen molar-refractivity contribution >= 4 is 33.7 Å². The minimum Gasteiger partial charge on any atom is -0.295 e. The SMILES string of the molecule is O=C1NC2=NCCN2C(=O)C1c1cccc(Br)c1. The van der Waals surface area contributed by atoms with Gasteiger partial charge in [-0.25, -0.2) is 0 Å². The highest BCUT2D eigenvalue weighted by Gasteiger charge is 2.41. The van der Waals surface area contributed by atoms with Gasteiger partial charge in [0.15, 0.2) is 0 Å². The second-order valence-electron chi connectivity index (χ2n) is 4.17. The van der Waals surface area contributed by atoms with Crippen molar-refractivity contribution < 1.29 is 9.59 Å². The van der Waals surface area contributed by atoms with Gasteiger partial charge in [-0.05, 0) is 17.7 Å². The number of nitrogens with zero attached hydrogens (tertiary/aromatic N) is 2. The van der Waals surface area contributed by atoms with Crippen molar-refractivity contribution in [1.29, 1.82) is 0 Å². The second-order valence-corrected chi connectivity index (χ2v) is 5.09. The van der Waals surface area contributed by atoms with E-state index in [1.54, 1.807) is 12.1 Å². The van der Waals surface area contributed by atoms with Crippen LogP contribution in [0.2, 0.25) is 0 Å². The Morgan fingerprint density at radius 2 is 2.22 bits per heavy atom. The van der Waals surface area contributed by atoms with E-state index in [9.17, 15) is 9.59 Å². The standard InChI is InChI=1S/C12H10BrN3O2/c13-8-3-1-2-7(6-8)9-10(17)15-12-14-4-5-16(12)11(9)18/h1-3,6,9H,4-5H2,(H,14,15,17). The summed E-state index contributed by atoms with van der Waals surface area (Å²) in [5, 5.41) is 2.68. The van der Waals surface area contributed by atoms with Crippen LogP contribution in [0.1, 0.15) is 11.5 Å². The third kappa shape index (κ3) is 1.73. The van der Waals surface area contributed by atoms with E-state index in [1.807, 2.05) is 12.1 Å². The highest BCUT2D eigenvalue weighted by molar-refractivity contribution is 9.10. The predicted molar refractivity (Wildman–Crippen MR) is 69.0 cm³/mol. The van der Waals surface area contributed by atoms with Crippen LogP contribution in [0.5, 0.6) is 0 Å². The number of halogens is 1. The van der Waals surface area contributed by atoms with E-state index in [0.717, 1.165) is 4.47 Å². The molecule has 3 rings (SSSR count). The van der Waals surface area contributed by atoms with E-state index in [1.165, 1.54) is 4.90 Å². The van der Waals surface area contributed by atoms with Crippen LogP contribution < -0.4 is 5.32 Å². The molecule has 1 aromatic carbocycles. The lowest BCUT2D eigenvalue weighted by atomic mass is 9.95. The van der Waals surface area contributed by atoms with E-state index in [4.69, 9.17) is 0 Å². The molecule has 6 heteroatoms. The maximum atomic E-state index is 12.3. The fourth-order valence-electron chi connectivity index (χ4n) is 2.20. The highest BCUT2D eigenvalue weighted by Crippen LogP contribution is 2.25. The van der Waals surface area contributed by atoms with Crippen molar-refractivity contribution in [2.45, 2.75) is 5.92 Å². The van der Waals surface area contributed by atoms with Gasteiger partial charge in [-0.3, -0.25) is 24.8 Å². The number of guanidine groups is 1. The van der Waals surface area contributed by atoms with Crippen molar-refractivity contribution in [1.82, 2.24) is 10.2 Å². The number of hydrogen-bond acceptors (Lipinski definition) is 3. The number of aliphatic imine (C=N–C) groups is 1. The molecule has 92 valence electrons. The fraction of sp³-hybridized carbons (Fsp3) is 0.250. The van der Waals surface area contributed by atoms with Gasteiger partial charge in [-0.15, -0.1) is 0 Å². The molecule has 1 aromatic rings. The van der Waals surface area contributed by atoms with Gasteiger partial charge in [0.05, 0.1) is 6.54 Å². The average molecular weight is 308 g/mol.